The van der Waals surface area contributed by atoms with Crippen molar-refractivity contribution in [2.45, 2.75) is 32.2 Å². The van der Waals surface area contributed by atoms with Crippen molar-refractivity contribution in [3.05, 3.63) is 69.9 Å². The molecule has 1 nitrogen and oxygen atoms in total. The zero-order valence-corrected chi connectivity index (χ0v) is 14.0. The van der Waals surface area contributed by atoms with Crippen molar-refractivity contribution in [2.24, 2.45) is 0 Å². The fraction of sp³-hybridized carbons (Fsp3) is 0.333. The average molecular weight is 350 g/mol. The van der Waals surface area contributed by atoms with E-state index in [1.165, 1.54) is 11.6 Å². The molecule has 0 saturated heterocycles. The van der Waals surface area contributed by atoms with Crippen LogP contribution in [0.5, 0.6) is 0 Å². The van der Waals surface area contributed by atoms with E-state index in [4.69, 9.17) is 0 Å². The highest BCUT2D eigenvalue weighted by molar-refractivity contribution is 9.10. The molecule has 3 heteroatoms. The molecule has 0 spiro atoms. The van der Waals surface area contributed by atoms with Gasteiger partial charge in [0.25, 0.3) is 0 Å². The fourth-order valence-corrected chi connectivity index (χ4v) is 3.18. The van der Waals surface area contributed by atoms with Crippen LogP contribution in [-0.2, 0) is 0 Å². The quantitative estimate of drug-likeness (QED) is 0.732. The maximum absolute atomic E-state index is 13.5. The van der Waals surface area contributed by atoms with Crippen LogP contribution in [0.15, 0.2) is 53.0 Å². The summed E-state index contributed by atoms with van der Waals surface area (Å²) in [6, 6.07) is 16.0. The topological polar surface area (TPSA) is 12.0 Å². The van der Waals surface area contributed by atoms with E-state index in [0.717, 1.165) is 18.5 Å². The van der Waals surface area contributed by atoms with E-state index in [1.807, 2.05) is 18.2 Å². The van der Waals surface area contributed by atoms with Gasteiger partial charge < -0.3 is 5.32 Å². The van der Waals surface area contributed by atoms with Crippen molar-refractivity contribution in [3.8, 4) is 0 Å². The third kappa shape index (κ3) is 3.92. The first-order valence-electron chi connectivity index (χ1n) is 7.40. The molecule has 0 saturated carbocycles. The molecular formula is C18H21BrFN. The van der Waals surface area contributed by atoms with Crippen LogP contribution in [0, 0.1) is 5.82 Å². The molecule has 0 bridgehead atoms. The Morgan fingerprint density at radius 2 is 1.76 bits per heavy atom. The lowest BCUT2D eigenvalue weighted by Gasteiger charge is -2.28. The molecule has 0 aliphatic carbocycles. The third-order valence-electron chi connectivity index (χ3n) is 3.80. The van der Waals surface area contributed by atoms with E-state index in [-0.39, 0.29) is 11.9 Å². The largest absolute Gasteiger partial charge is 0.310 e. The lowest BCUT2D eigenvalue weighted by molar-refractivity contribution is 0.444. The zero-order valence-electron chi connectivity index (χ0n) is 12.4. The Bertz CT molecular complexity index is 571. The first-order valence-corrected chi connectivity index (χ1v) is 8.20. The van der Waals surface area contributed by atoms with Crippen molar-refractivity contribution in [2.75, 3.05) is 6.54 Å². The minimum atomic E-state index is -0.221. The van der Waals surface area contributed by atoms with Crippen LogP contribution in [0.1, 0.15) is 43.4 Å². The van der Waals surface area contributed by atoms with Crippen molar-refractivity contribution in [1.82, 2.24) is 5.32 Å². The van der Waals surface area contributed by atoms with Gasteiger partial charge in [-0.25, -0.2) is 4.39 Å². The number of rotatable bonds is 6. The zero-order chi connectivity index (χ0) is 15.2. The SMILES string of the molecule is CCNC(c1ccc(F)c(Br)c1)C(CC)c1ccccc1. The first-order chi connectivity index (χ1) is 10.2. The minimum absolute atomic E-state index is 0.180. The molecule has 0 amide bonds. The summed E-state index contributed by atoms with van der Waals surface area (Å²) in [5.74, 6) is 0.144. The summed E-state index contributed by atoms with van der Waals surface area (Å²) in [5.41, 5.74) is 2.42. The second-order valence-corrected chi connectivity index (χ2v) is 5.99. The summed E-state index contributed by atoms with van der Waals surface area (Å²) in [7, 11) is 0. The summed E-state index contributed by atoms with van der Waals surface area (Å²) in [6.45, 7) is 5.17. The molecule has 0 aliphatic rings. The second-order valence-electron chi connectivity index (χ2n) is 5.13. The van der Waals surface area contributed by atoms with Crippen molar-refractivity contribution in [1.29, 1.82) is 0 Å². The molecule has 2 aromatic rings. The molecule has 2 rings (SSSR count). The molecule has 1 N–H and O–H groups in total. The van der Waals surface area contributed by atoms with Gasteiger partial charge in [0, 0.05) is 12.0 Å². The smallest absolute Gasteiger partial charge is 0.137 e. The maximum Gasteiger partial charge on any atom is 0.137 e. The van der Waals surface area contributed by atoms with E-state index in [2.05, 4.69) is 59.4 Å². The molecule has 21 heavy (non-hydrogen) atoms. The lowest BCUT2D eigenvalue weighted by atomic mass is 9.85. The van der Waals surface area contributed by atoms with Crippen molar-refractivity contribution < 1.29 is 4.39 Å². The van der Waals surface area contributed by atoms with Gasteiger partial charge in [-0.05, 0) is 52.2 Å². The first kappa shape index (κ1) is 16.2. The van der Waals surface area contributed by atoms with Gasteiger partial charge in [0.15, 0.2) is 0 Å². The van der Waals surface area contributed by atoms with Crippen molar-refractivity contribution in [3.63, 3.8) is 0 Å². The Morgan fingerprint density at radius 1 is 1.05 bits per heavy atom. The Morgan fingerprint density at radius 3 is 2.33 bits per heavy atom. The number of halogens is 2. The van der Waals surface area contributed by atoms with Gasteiger partial charge in [0.05, 0.1) is 4.47 Å². The van der Waals surface area contributed by atoms with Crippen LogP contribution in [0.3, 0.4) is 0 Å². The highest BCUT2D eigenvalue weighted by Crippen LogP contribution is 2.35. The van der Waals surface area contributed by atoms with Crippen LogP contribution < -0.4 is 5.32 Å². The van der Waals surface area contributed by atoms with Gasteiger partial charge in [-0.3, -0.25) is 0 Å². The monoisotopic (exact) mass is 349 g/mol. The molecule has 0 radical (unpaired) electrons. The third-order valence-corrected chi connectivity index (χ3v) is 4.40. The van der Waals surface area contributed by atoms with Crippen LogP contribution >= 0.6 is 15.9 Å². The predicted octanol–water partition coefficient (Wildman–Crippen LogP) is 5.43. The molecule has 0 aliphatic heterocycles. The highest BCUT2D eigenvalue weighted by Gasteiger charge is 2.23. The highest BCUT2D eigenvalue weighted by atomic mass is 79.9. The molecule has 0 aromatic heterocycles. The van der Waals surface area contributed by atoms with Crippen LogP contribution in [0.2, 0.25) is 0 Å². The summed E-state index contributed by atoms with van der Waals surface area (Å²) in [4.78, 5) is 0. The van der Waals surface area contributed by atoms with E-state index >= 15 is 0 Å². The normalized spacial score (nSPS) is 13.9. The van der Waals surface area contributed by atoms with Crippen LogP contribution in [0.4, 0.5) is 4.39 Å². The molecule has 112 valence electrons. The Hall–Kier alpha value is -1.19. The minimum Gasteiger partial charge on any atom is -0.310 e. The molecule has 2 aromatic carbocycles. The Balaban J connectivity index is 2.38. The summed E-state index contributed by atoms with van der Waals surface area (Å²) >= 11 is 3.29. The molecule has 0 heterocycles. The Labute approximate surface area is 134 Å². The molecule has 2 atom stereocenters. The average Bonchev–Trinajstić information content (AvgIpc) is 2.51. The van der Waals surface area contributed by atoms with E-state index in [9.17, 15) is 4.39 Å². The second kappa shape index (κ2) is 7.71. The summed E-state index contributed by atoms with van der Waals surface area (Å²) in [5, 5.41) is 3.55. The van der Waals surface area contributed by atoms with E-state index < -0.39 is 0 Å². The summed E-state index contributed by atoms with van der Waals surface area (Å²) < 4.78 is 14.0. The number of likely N-dealkylation sites (N-methyl/N-ethyl adjacent to an activating group) is 1. The molecule has 2 unspecified atom stereocenters. The lowest BCUT2D eigenvalue weighted by Crippen LogP contribution is -2.27. The van der Waals surface area contributed by atoms with Crippen molar-refractivity contribution >= 4 is 15.9 Å². The van der Waals surface area contributed by atoms with Gasteiger partial charge >= 0.3 is 0 Å². The summed E-state index contributed by atoms with van der Waals surface area (Å²) in [6.07, 6.45) is 1.02. The van der Waals surface area contributed by atoms with Gasteiger partial charge in [-0.1, -0.05) is 50.2 Å². The molecule has 0 fully saturated rings. The van der Waals surface area contributed by atoms with Gasteiger partial charge in [0.1, 0.15) is 5.82 Å². The number of nitrogens with one attached hydrogen (secondary N) is 1. The number of hydrogen-bond donors (Lipinski definition) is 1. The standard InChI is InChI=1S/C18H21BrFN/c1-3-15(13-8-6-5-7-9-13)18(21-4-2)14-10-11-17(20)16(19)12-14/h5-12,15,18,21H,3-4H2,1-2H3. The van der Waals surface area contributed by atoms with E-state index in [1.54, 1.807) is 0 Å². The van der Waals surface area contributed by atoms with E-state index in [0.29, 0.717) is 10.4 Å². The maximum atomic E-state index is 13.5. The number of benzene rings is 2. The van der Waals surface area contributed by atoms with Crippen LogP contribution in [0.25, 0.3) is 0 Å². The molecular weight excluding hydrogens is 329 g/mol. The fourth-order valence-electron chi connectivity index (χ4n) is 2.78. The van der Waals surface area contributed by atoms with Gasteiger partial charge in [-0.15, -0.1) is 0 Å². The number of hydrogen-bond acceptors (Lipinski definition) is 1. The Kier molecular flexibility index (Phi) is 5.95. The van der Waals surface area contributed by atoms with Gasteiger partial charge in [0.2, 0.25) is 0 Å². The van der Waals surface area contributed by atoms with Gasteiger partial charge in [-0.2, -0.15) is 0 Å². The predicted molar refractivity (Wildman–Crippen MR) is 90.0 cm³/mol. The van der Waals surface area contributed by atoms with Crippen LogP contribution in [-0.4, -0.2) is 6.54 Å².